The van der Waals surface area contributed by atoms with Gasteiger partial charge in [-0.15, -0.1) is 0 Å². The standard InChI is InChI=1S/C17H18O/c1-3-14-5-9-16(10-6-14)17-11-7-15(8-12-17)13-18-4-2/h4-12H,2-3,13H2,1H3. The molecule has 0 heterocycles. The Balaban J connectivity index is 2.14. The van der Waals surface area contributed by atoms with Crippen LogP contribution in [-0.4, -0.2) is 0 Å². The Bertz CT molecular complexity index is 494. The predicted molar refractivity (Wildman–Crippen MR) is 76.2 cm³/mol. The summed E-state index contributed by atoms with van der Waals surface area (Å²) in [5.41, 5.74) is 5.02. The molecule has 0 aromatic heterocycles. The van der Waals surface area contributed by atoms with Crippen molar-refractivity contribution < 1.29 is 4.74 Å². The third kappa shape index (κ3) is 3.01. The van der Waals surface area contributed by atoms with Crippen molar-refractivity contribution >= 4 is 0 Å². The molecular weight excluding hydrogens is 220 g/mol. The summed E-state index contributed by atoms with van der Waals surface area (Å²) in [5, 5.41) is 0. The third-order valence-electron chi connectivity index (χ3n) is 3.02. The lowest BCUT2D eigenvalue weighted by Gasteiger charge is -2.05. The van der Waals surface area contributed by atoms with Crippen molar-refractivity contribution in [3.05, 3.63) is 72.5 Å². The van der Waals surface area contributed by atoms with Crippen LogP contribution in [0.1, 0.15) is 18.1 Å². The first-order valence-electron chi connectivity index (χ1n) is 6.24. The second-order valence-corrected chi connectivity index (χ2v) is 4.23. The number of hydrogen-bond acceptors (Lipinski definition) is 1. The molecule has 2 rings (SSSR count). The number of rotatable bonds is 5. The van der Waals surface area contributed by atoms with Crippen molar-refractivity contribution in [2.24, 2.45) is 0 Å². The molecule has 92 valence electrons. The van der Waals surface area contributed by atoms with E-state index in [1.807, 2.05) is 0 Å². The van der Waals surface area contributed by atoms with Crippen LogP contribution in [0.25, 0.3) is 11.1 Å². The van der Waals surface area contributed by atoms with E-state index in [0.717, 1.165) is 12.0 Å². The van der Waals surface area contributed by atoms with E-state index in [1.165, 1.54) is 23.0 Å². The van der Waals surface area contributed by atoms with Crippen LogP contribution in [-0.2, 0) is 17.8 Å². The van der Waals surface area contributed by atoms with Crippen LogP contribution in [0, 0.1) is 0 Å². The van der Waals surface area contributed by atoms with Gasteiger partial charge in [-0.05, 0) is 28.7 Å². The van der Waals surface area contributed by atoms with Crippen molar-refractivity contribution in [3.63, 3.8) is 0 Å². The highest BCUT2D eigenvalue weighted by Gasteiger charge is 1.98. The lowest BCUT2D eigenvalue weighted by molar-refractivity contribution is 0.238. The largest absolute Gasteiger partial charge is 0.497 e. The topological polar surface area (TPSA) is 9.23 Å². The minimum Gasteiger partial charge on any atom is -0.497 e. The molecule has 18 heavy (non-hydrogen) atoms. The fourth-order valence-corrected chi connectivity index (χ4v) is 1.88. The molecule has 0 fully saturated rings. The first kappa shape index (κ1) is 12.4. The molecule has 0 spiro atoms. The molecule has 0 aliphatic rings. The monoisotopic (exact) mass is 238 g/mol. The first-order chi connectivity index (χ1) is 8.83. The Hall–Kier alpha value is -2.02. The SMILES string of the molecule is C=COCc1ccc(-c2ccc(CC)cc2)cc1. The smallest absolute Gasteiger partial charge is 0.112 e. The van der Waals surface area contributed by atoms with Crippen LogP contribution >= 0.6 is 0 Å². The molecule has 0 saturated heterocycles. The van der Waals surface area contributed by atoms with E-state index in [2.05, 4.69) is 62.0 Å². The van der Waals surface area contributed by atoms with Gasteiger partial charge >= 0.3 is 0 Å². The van der Waals surface area contributed by atoms with E-state index in [1.54, 1.807) is 0 Å². The van der Waals surface area contributed by atoms with Crippen molar-refractivity contribution in [3.8, 4) is 11.1 Å². The van der Waals surface area contributed by atoms with Crippen LogP contribution in [0.15, 0.2) is 61.4 Å². The Labute approximate surface area is 109 Å². The quantitative estimate of drug-likeness (QED) is 0.693. The Kier molecular flexibility index (Phi) is 4.19. The summed E-state index contributed by atoms with van der Waals surface area (Å²) in [6.45, 7) is 6.29. The summed E-state index contributed by atoms with van der Waals surface area (Å²) in [7, 11) is 0. The zero-order valence-corrected chi connectivity index (χ0v) is 10.7. The molecule has 2 aromatic rings. The second-order valence-electron chi connectivity index (χ2n) is 4.23. The van der Waals surface area contributed by atoms with E-state index in [0.29, 0.717) is 6.61 Å². The van der Waals surface area contributed by atoms with Gasteiger partial charge in [0.25, 0.3) is 0 Å². The molecule has 0 bridgehead atoms. The van der Waals surface area contributed by atoms with Crippen LogP contribution < -0.4 is 0 Å². The number of hydrogen-bond donors (Lipinski definition) is 0. The van der Waals surface area contributed by atoms with Gasteiger partial charge in [-0.2, -0.15) is 0 Å². The molecule has 0 atom stereocenters. The molecule has 0 N–H and O–H groups in total. The zero-order chi connectivity index (χ0) is 12.8. The molecule has 0 radical (unpaired) electrons. The van der Waals surface area contributed by atoms with E-state index >= 15 is 0 Å². The van der Waals surface area contributed by atoms with E-state index < -0.39 is 0 Å². The molecule has 0 aliphatic heterocycles. The maximum atomic E-state index is 5.16. The summed E-state index contributed by atoms with van der Waals surface area (Å²) in [6.07, 6.45) is 2.55. The average molecular weight is 238 g/mol. The van der Waals surface area contributed by atoms with Gasteiger partial charge in [0, 0.05) is 0 Å². The normalized spacial score (nSPS) is 10.1. The summed E-state index contributed by atoms with van der Waals surface area (Å²) in [6, 6.07) is 17.2. The molecule has 1 heteroatoms. The van der Waals surface area contributed by atoms with Crippen LogP contribution in [0.5, 0.6) is 0 Å². The van der Waals surface area contributed by atoms with E-state index in [4.69, 9.17) is 4.74 Å². The van der Waals surface area contributed by atoms with Crippen molar-refractivity contribution in [1.29, 1.82) is 0 Å². The van der Waals surface area contributed by atoms with E-state index in [-0.39, 0.29) is 0 Å². The molecule has 0 saturated carbocycles. The van der Waals surface area contributed by atoms with Gasteiger partial charge in [-0.25, -0.2) is 0 Å². The molecule has 0 unspecified atom stereocenters. The third-order valence-corrected chi connectivity index (χ3v) is 3.02. The number of ether oxygens (including phenoxy) is 1. The fourth-order valence-electron chi connectivity index (χ4n) is 1.88. The van der Waals surface area contributed by atoms with Gasteiger partial charge in [-0.1, -0.05) is 62.0 Å². The van der Waals surface area contributed by atoms with Gasteiger partial charge < -0.3 is 4.74 Å². The van der Waals surface area contributed by atoms with Gasteiger partial charge in [0.2, 0.25) is 0 Å². The van der Waals surface area contributed by atoms with E-state index in [9.17, 15) is 0 Å². The lowest BCUT2D eigenvalue weighted by Crippen LogP contribution is -1.86. The maximum Gasteiger partial charge on any atom is 0.112 e. The second kappa shape index (κ2) is 6.06. The number of benzene rings is 2. The average Bonchev–Trinajstić information content (AvgIpc) is 2.46. The zero-order valence-electron chi connectivity index (χ0n) is 10.7. The van der Waals surface area contributed by atoms with Crippen molar-refractivity contribution in [1.82, 2.24) is 0 Å². The predicted octanol–water partition coefficient (Wildman–Crippen LogP) is 4.58. The van der Waals surface area contributed by atoms with Crippen molar-refractivity contribution in [2.75, 3.05) is 0 Å². The summed E-state index contributed by atoms with van der Waals surface area (Å²) >= 11 is 0. The summed E-state index contributed by atoms with van der Waals surface area (Å²) in [5.74, 6) is 0. The van der Waals surface area contributed by atoms with Gasteiger partial charge in [0.05, 0.1) is 6.26 Å². The van der Waals surface area contributed by atoms with Gasteiger partial charge in [-0.3, -0.25) is 0 Å². The number of aryl methyl sites for hydroxylation is 1. The summed E-state index contributed by atoms with van der Waals surface area (Å²) < 4.78 is 5.16. The Morgan fingerprint density at radius 2 is 1.39 bits per heavy atom. The first-order valence-corrected chi connectivity index (χ1v) is 6.24. The highest BCUT2D eigenvalue weighted by atomic mass is 16.5. The highest BCUT2D eigenvalue weighted by molar-refractivity contribution is 5.63. The van der Waals surface area contributed by atoms with Gasteiger partial charge in [0.1, 0.15) is 6.61 Å². The minimum absolute atomic E-state index is 0.582. The summed E-state index contributed by atoms with van der Waals surface area (Å²) in [4.78, 5) is 0. The lowest BCUT2D eigenvalue weighted by atomic mass is 10.0. The van der Waals surface area contributed by atoms with Crippen LogP contribution in [0.2, 0.25) is 0 Å². The molecule has 0 aliphatic carbocycles. The van der Waals surface area contributed by atoms with Crippen molar-refractivity contribution in [2.45, 2.75) is 20.0 Å². The molecule has 2 aromatic carbocycles. The maximum absolute atomic E-state index is 5.16. The van der Waals surface area contributed by atoms with Crippen LogP contribution in [0.4, 0.5) is 0 Å². The molecule has 1 nitrogen and oxygen atoms in total. The fraction of sp³-hybridized carbons (Fsp3) is 0.176. The molecular formula is C17H18O. The van der Waals surface area contributed by atoms with Gasteiger partial charge in [0.15, 0.2) is 0 Å². The highest BCUT2D eigenvalue weighted by Crippen LogP contribution is 2.20. The molecule has 0 amide bonds. The van der Waals surface area contributed by atoms with Crippen LogP contribution in [0.3, 0.4) is 0 Å². The minimum atomic E-state index is 0.582. The Morgan fingerprint density at radius 1 is 0.889 bits per heavy atom. The Morgan fingerprint density at radius 3 is 1.83 bits per heavy atom.